The molecule has 5 nitrogen and oxygen atoms in total. The number of nitrogens with zero attached hydrogens (tertiary/aromatic N) is 2. The van der Waals surface area contributed by atoms with Crippen LogP contribution in [0.1, 0.15) is 54.7 Å². The summed E-state index contributed by atoms with van der Waals surface area (Å²) in [6.45, 7) is 5.32. The van der Waals surface area contributed by atoms with E-state index in [0.717, 1.165) is 31.4 Å². The molecule has 0 fully saturated rings. The number of halogens is 1. The summed E-state index contributed by atoms with van der Waals surface area (Å²) in [5, 5.41) is 7.48. The molecule has 0 saturated heterocycles. The van der Waals surface area contributed by atoms with Crippen molar-refractivity contribution in [1.82, 2.24) is 15.1 Å². The van der Waals surface area contributed by atoms with Crippen LogP contribution in [0.2, 0.25) is 0 Å². The van der Waals surface area contributed by atoms with Crippen molar-refractivity contribution in [1.29, 1.82) is 0 Å². The quantitative estimate of drug-likeness (QED) is 0.717. The van der Waals surface area contributed by atoms with Crippen LogP contribution in [0.25, 0.3) is 0 Å². The van der Waals surface area contributed by atoms with Gasteiger partial charge in [-0.25, -0.2) is 0 Å². The average molecular weight is 365 g/mol. The van der Waals surface area contributed by atoms with E-state index >= 15 is 0 Å². The maximum absolute atomic E-state index is 12.6. The third-order valence-corrected chi connectivity index (χ3v) is 4.23. The number of nitrogens with one attached hydrogen (secondary N) is 1. The molecule has 0 aliphatic carbocycles. The number of carbonyl (C=O) groups is 1. The maximum Gasteiger partial charge on any atom is 0.255 e. The highest BCUT2D eigenvalue weighted by Gasteiger charge is 2.18. The van der Waals surface area contributed by atoms with Gasteiger partial charge in [-0.1, -0.05) is 57.0 Å². The number of aromatic nitrogens is 2. The first-order valence-electron chi connectivity index (χ1n) is 8.79. The number of amides is 1. The zero-order valence-corrected chi connectivity index (χ0v) is 15.9. The normalized spacial score (nSPS) is 11.6. The summed E-state index contributed by atoms with van der Waals surface area (Å²) in [4.78, 5) is 12.6. The molecular formula is C19H29ClN4O. The van der Waals surface area contributed by atoms with Gasteiger partial charge in [0, 0.05) is 12.6 Å². The molecule has 1 heterocycles. The summed E-state index contributed by atoms with van der Waals surface area (Å²) in [7, 11) is 0. The van der Waals surface area contributed by atoms with Crippen molar-refractivity contribution in [2.45, 2.75) is 52.1 Å². The van der Waals surface area contributed by atoms with Crippen molar-refractivity contribution in [2.24, 2.45) is 5.73 Å². The van der Waals surface area contributed by atoms with Crippen molar-refractivity contribution in [2.75, 3.05) is 6.54 Å². The van der Waals surface area contributed by atoms with Crippen molar-refractivity contribution in [3.05, 3.63) is 53.3 Å². The SMILES string of the molecule is CCCCC(CN)NC(=O)c1cnn(Cc2ccccc2)c1CC.Cl. The van der Waals surface area contributed by atoms with Crippen LogP contribution in [0.15, 0.2) is 36.5 Å². The highest BCUT2D eigenvalue weighted by molar-refractivity contribution is 5.95. The predicted molar refractivity (Wildman–Crippen MR) is 104 cm³/mol. The molecule has 2 aromatic rings. The Balaban J connectivity index is 0.00000312. The first kappa shape index (κ1) is 21.2. The number of rotatable bonds is 9. The zero-order valence-electron chi connectivity index (χ0n) is 15.1. The Hall–Kier alpha value is -1.85. The second kappa shape index (κ2) is 10.9. The van der Waals surface area contributed by atoms with E-state index in [2.05, 4.69) is 29.5 Å². The molecule has 1 unspecified atom stereocenters. The molecule has 1 aromatic heterocycles. The molecule has 138 valence electrons. The van der Waals surface area contributed by atoms with Gasteiger partial charge in [-0.15, -0.1) is 12.4 Å². The Morgan fingerprint density at radius 2 is 2.00 bits per heavy atom. The van der Waals surface area contributed by atoms with Crippen LogP contribution in [0, 0.1) is 0 Å². The van der Waals surface area contributed by atoms with Crippen LogP contribution in [0.3, 0.4) is 0 Å². The summed E-state index contributed by atoms with van der Waals surface area (Å²) in [6.07, 6.45) is 5.51. The highest BCUT2D eigenvalue weighted by atomic mass is 35.5. The smallest absolute Gasteiger partial charge is 0.255 e. The van der Waals surface area contributed by atoms with Gasteiger partial charge >= 0.3 is 0 Å². The lowest BCUT2D eigenvalue weighted by molar-refractivity contribution is 0.0934. The number of unbranched alkanes of at least 4 members (excludes halogenated alkanes) is 1. The van der Waals surface area contributed by atoms with E-state index in [1.165, 1.54) is 5.56 Å². The Morgan fingerprint density at radius 1 is 1.28 bits per heavy atom. The van der Waals surface area contributed by atoms with E-state index in [1.54, 1.807) is 6.20 Å². The summed E-state index contributed by atoms with van der Waals surface area (Å²) in [6, 6.07) is 10.2. The van der Waals surface area contributed by atoms with E-state index < -0.39 is 0 Å². The summed E-state index contributed by atoms with van der Waals surface area (Å²) < 4.78 is 1.91. The van der Waals surface area contributed by atoms with Gasteiger partial charge in [0.25, 0.3) is 5.91 Å². The standard InChI is InChI=1S/C19H28N4O.ClH/c1-3-5-11-16(12-20)22-19(24)17-13-21-23(18(17)4-2)14-15-9-7-6-8-10-15;/h6-10,13,16H,3-5,11-12,14,20H2,1-2H3,(H,22,24);1H. The van der Waals surface area contributed by atoms with E-state index in [9.17, 15) is 4.79 Å². The Labute approximate surface area is 156 Å². The molecular weight excluding hydrogens is 336 g/mol. The molecule has 0 radical (unpaired) electrons. The second-order valence-corrected chi connectivity index (χ2v) is 6.05. The molecule has 1 amide bonds. The molecule has 6 heteroatoms. The van der Waals surface area contributed by atoms with Crippen LogP contribution in [-0.4, -0.2) is 28.3 Å². The molecule has 0 bridgehead atoms. The van der Waals surface area contributed by atoms with Crippen molar-refractivity contribution in [3.8, 4) is 0 Å². The number of benzene rings is 1. The Bertz CT molecular complexity index is 642. The van der Waals surface area contributed by atoms with Crippen LogP contribution < -0.4 is 11.1 Å². The minimum Gasteiger partial charge on any atom is -0.348 e. The first-order chi connectivity index (χ1) is 11.7. The average Bonchev–Trinajstić information content (AvgIpc) is 3.02. The van der Waals surface area contributed by atoms with Gasteiger partial charge in [0.15, 0.2) is 0 Å². The van der Waals surface area contributed by atoms with Crippen LogP contribution in [0.4, 0.5) is 0 Å². The van der Waals surface area contributed by atoms with Crippen LogP contribution in [-0.2, 0) is 13.0 Å². The predicted octanol–water partition coefficient (Wildman–Crippen LogP) is 3.16. The van der Waals surface area contributed by atoms with Crippen LogP contribution >= 0.6 is 12.4 Å². The summed E-state index contributed by atoms with van der Waals surface area (Å²) >= 11 is 0. The van der Waals surface area contributed by atoms with Gasteiger partial charge in [0.2, 0.25) is 0 Å². The maximum atomic E-state index is 12.6. The molecule has 0 saturated carbocycles. The van der Waals surface area contributed by atoms with Gasteiger partial charge in [0.05, 0.1) is 24.0 Å². The van der Waals surface area contributed by atoms with Gasteiger partial charge in [-0.2, -0.15) is 5.10 Å². The number of nitrogens with two attached hydrogens (primary N) is 1. The largest absolute Gasteiger partial charge is 0.348 e. The van der Waals surface area contributed by atoms with Crippen LogP contribution in [0.5, 0.6) is 0 Å². The van der Waals surface area contributed by atoms with Gasteiger partial charge < -0.3 is 11.1 Å². The fraction of sp³-hybridized carbons (Fsp3) is 0.474. The van der Waals surface area contributed by atoms with Crippen molar-refractivity contribution >= 4 is 18.3 Å². The molecule has 0 spiro atoms. The highest BCUT2D eigenvalue weighted by Crippen LogP contribution is 2.13. The third-order valence-electron chi connectivity index (χ3n) is 4.23. The number of carbonyl (C=O) groups excluding carboxylic acids is 1. The monoisotopic (exact) mass is 364 g/mol. The van der Waals surface area contributed by atoms with E-state index in [1.807, 2.05) is 29.8 Å². The zero-order chi connectivity index (χ0) is 17.4. The molecule has 1 aromatic carbocycles. The topological polar surface area (TPSA) is 72.9 Å². The lowest BCUT2D eigenvalue weighted by Crippen LogP contribution is -2.40. The van der Waals surface area contributed by atoms with Gasteiger partial charge in [-0.05, 0) is 18.4 Å². The van der Waals surface area contributed by atoms with Gasteiger partial charge in [0.1, 0.15) is 0 Å². The summed E-state index contributed by atoms with van der Waals surface area (Å²) in [5.74, 6) is -0.0716. The number of hydrogen-bond donors (Lipinski definition) is 2. The minimum atomic E-state index is -0.0716. The second-order valence-electron chi connectivity index (χ2n) is 6.05. The third kappa shape index (κ3) is 5.87. The minimum absolute atomic E-state index is 0. The molecule has 25 heavy (non-hydrogen) atoms. The Morgan fingerprint density at radius 3 is 2.60 bits per heavy atom. The lowest BCUT2D eigenvalue weighted by Gasteiger charge is -2.16. The fourth-order valence-corrected chi connectivity index (χ4v) is 2.83. The van der Waals surface area contributed by atoms with Crippen molar-refractivity contribution < 1.29 is 4.79 Å². The Kier molecular flexibility index (Phi) is 9.24. The fourth-order valence-electron chi connectivity index (χ4n) is 2.83. The molecule has 0 aliphatic heterocycles. The van der Waals surface area contributed by atoms with E-state index in [0.29, 0.717) is 18.7 Å². The summed E-state index contributed by atoms with van der Waals surface area (Å²) in [5.41, 5.74) is 8.57. The molecule has 0 aliphatic rings. The van der Waals surface area contributed by atoms with E-state index in [4.69, 9.17) is 5.73 Å². The first-order valence-corrected chi connectivity index (χ1v) is 8.79. The van der Waals surface area contributed by atoms with Crippen molar-refractivity contribution in [3.63, 3.8) is 0 Å². The molecule has 3 N–H and O–H groups in total. The number of hydrogen-bond acceptors (Lipinski definition) is 3. The molecule has 2 rings (SSSR count). The van der Waals surface area contributed by atoms with E-state index in [-0.39, 0.29) is 24.4 Å². The van der Waals surface area contributed by atoms with Gasteiger partial charge in [-0.3, -0.25) is 9.48 Å². The lowest BCUT2D eigenvalue weighted by atomic mass is 10.1. The molecule has 1 atom stereocenters.